The van der Waals surface area contributed by atoms with Crippen molar-refractivity contribution in [2.45, 2.75) is 65.8 Å². The van der Waals surface area contributed by atoms with Crippen molar-refractivity contribution in [3.63, 3.8) is 0 Å². The van der Waals surface area contributed by atoms with E-state index in [9.17, 15) is 0 Å². The minimum absolute atomic E-state index is 0.126. The maximum absolute atomic E-state index is 5.94. The molecule has 1 aliphatic heterocycles. The van der Waals surface area contributed by atoms with Crippen molar-refractivity contribution < 1.29 is 9.15 Å². The van der Waals surface area contributed by atoms with Crippen LogP contribution in [0.2, 0.25) is 0 Å². The molecule has 0 amide bonds. The Morgan fingerprint density at radius 2 is 2.14 bits per heavy atom. The molecule has 0 bridgehead atoms. The second-order valence-electron chi connectivity index (χ2n) is 7.17. The van der Waals surface area contributed by atoms with Gasteiger partial charge in [-0.05, 0) is 47.1 Å². The molecule has 1 aromatic heterocycles. The summed E-state index contributed by atoms with van der Waals surface area (Å²) >= 11 is 0. The summed E-state index contributed by atoms with van der Waals surface area (Å²) in [6, 6.07) is 2.20. The van der Waals surface area contributed by atoms with Gasteiger partial charge in [0, 0.05) is 37.3 Å². The lowest BCUT2D eigenvalue weighted by Crippen LogP contribution is -2.35. The molecular weight excluding hydrogens is 264 g/mol. The fourth-order valence-electron chi connectivity index (χ4n) is 2.65. The fraction of sp³-hybridized carbons (Fsp3) is 0.765. The minimum Gasteiger partial charge on any atom is -0.465 e. The smallest absolute Gasteiger partial charge is 0.118 e. The number of hydrogen-bond donors (Lipinski definition) is 1. The molecule has 4 nitrogen and oxygen atoms in total. The summed E-state index contributed by atoms with van der Waals surface area (Å²) in [6.07, 6.45) is 1.41. The molecule has 1 N–H and O–H groups in total. The second-order valence-corrected chi connectivity index (χ2v) is 7.17. The zero-order chi connectivity index (χ0) is 15.5. The van der Waals surface area contributed by atoms with Gasteiger partial charge in [0.25, 0.3) is 0 Å². The van der Waals surface area contributed by atoms with E-state index in [2.05, 4.69) is 50.9 Å². The Bertz CT molecular complexity index is 448. The number of furan rings is 1. The van der Waals surface area contributed by atoms with Crippen molar-refractivity contribution in [3.8, 4) is 0 Å². The quantitative estimate of drug-likeness (QED) is 0.926. The Morgan fingerprint density at radius 3 is 2.86 bits per heavy atom. The van der Waals surface area contributed by atoms with Crippen LogP contribution in [-0.4, -0.2) is 36.2 Å². The molecule has 0 spiro atoms. The Hall–Kier alpha value is -0.840. The van der Waals surface area contributed by atoms with Gasteiger partial charge in [-0.2, -0.15) is 0 Å². The standard InChI is InChI=1S/C17H30N2O2/c1-13-11-19(7-6-8-20-13)12-16-9-15(14(2)21-16)10-18-17(3,4)5/h9,13,18H,6-8,10-12H2,1-5H3. The zero-order valence-electron chi connectivity index (χ0n) is 14.2. The lowest BCUT2D eigenvalue weighted by atomic mass is 10.1. The van der Waals surface area contributed by atoms with Crippen LogP contribution in [0.1, 0.15) is 51.2 Å². The summed E-state index contributed by atoms with van der Waals surface area (Å²) in [6.45, 7) is 15.4. The van der Waals surface area contributed by atoms with E-state index in [-0.39, 0.29) is 5.54 Å². The first-order valence-electron chi connectivity index (χ1n) is 8.00. The normalized spacial score (nSPS) is 21.5. The molecule has 1 aliphatic rings. The Kier molecular flexibility index (Phi) is 5.47. The average molecular weight is 294 g/mol. The van der Waals surface area contributed by atoms with Crippen molar-refractivity contribution in [1.29, 1.82) is 0 Å². The number of nitrogens with zero attached hydrogens (tertiary/aromatic N) is 1. The molecule has 1 unspecified atom stereocenters. The van der Waals surface area contributed by atoms with Gasteiger partial charge in [-0.1, -0.05) is 0 Å². The topological polar surface area (TPSA) is 37.6 Å². The first-order chi connectivity index (χ1) is 9.83. The monoisotopic (exact) mass is 294 g/mol. The highest BCUT2D eigenvalue weighted by Gasteiger charge is 2.18. The van der Waals surface area contributed by atoms with E-state index in [4.69, 9.17) is 9.15 Å². The molecule has 1 fully saturated rings. The molecule has 0 radical (unpaired) electrons. The molecule has 4 heteroatoms. The highest BCUT2D eigenvalue weighted by atomic mass is 16.5. The molecule has 21 heavy (non-hydrogen) atoms. The van der Waals surface area contributed by atoms with E-state index < -0.39 is 0 Å². The maximum Gasteiger partial charge on any atom is 0.118 e. The van der Waals surface area contributed by atoms with Crippen LogP contribution in [-0.2, 0) is 17.8 Å². The van der Waals surface area contributed by atoms with Gasteiger partial charge in [-0.3, -0.25) is 4.90 Å². The highest BCUT2D eigenvalue weighted by Crippen LogP contribution is 2.18. The Labute approximate surface area is 128 Å². The summed E-state index contributed by atoms with van der Waals surface area (Å²) in [7, 11) is 0. The van der Waals surface area contributed by atoms with Gasteiger partial charge < -0.3 is 14.5 Å². The molecule has 1 saturated heterocycles. The molecule has 120 valence electrons. The van der Waals surface area contributed by atoms with Crippen LogP contribution in [0.5, 0.6) is 0 Å². The second kappa shape index (κ2) is 6.95. The fourth-order valence-corrected chi connectivity index (χ4v) is 2.65. The number of hydrogen-bond acceptors (Lipinski definition) is 4. The lowest BCUT2D eigenvalue weighted by molar-refractivity contribution is 0.0658. The van der Waals surface area contributed by atoms with Crippen molar-refractivity contribution in [2.75, 3.05) is 19.7 Å². The largest absolute Gasteiger partial charge is 0.465 e. The Morgan fingerprint density at radius 1 is 1.38 bits per heavy atom. The third-order valence-electron chi connectivity index (χ3n) is 3.80. The van der Waals surface area contributed by atoms with Crippen LogP contribution >= 0.6 is 0 Å². The minimum atomic E-state index is 0.126. The molecule has 1 aromatic rings. The number of nitrogens with one attached hydrogen (secondary N) is 1. The first-order valence-corrected chi connectivity index (χ1v) is 8.00. The summed E-state index contributed by atoms with van der Waals surface area (Å²) < 4.78 is 11.6. The predicted octanol–water partition coefficient (Wildman–Crippen LogP) is 3.09. The van der Waals surface area contributed by atoms with Crippen molar-refractivity contribution >= 4 is 0 Å². The highest BCUT2D eigenvalue weighted by molar-refractivity contribution is 5.21. The van der Waals surface area contributed by atoms with Crippen LogP contribution in [0.4, 0.5) is 0 Å². The van der Waals surface area contributed by atoms with Crippen LogP contribution in [0.15, 0.2) is 10.5 Å². The summed E-state index contributed by atoms with van der Waals surface area (Å²) in [5, 5.41) is 3.52. The molecule has 0 aromatic carbocycles. The molecule has 0 aliphatic carbocycles. The van der Waals surface area contributed by atoms with Crippen LogP contribution in [0, 0.1) is 6.92 Å². The predicted molar refractivity (Wildman–Crippen MR) is 85.3 cm³/mol. The van der Waals surface area contributed by atoms with Gasteiger partial charge in [-0.25, -0.2) is 0 Å². The third kappa shape index (κ3) is 5.46. The number of ether oxygens (including phenoxy) is 1. The zero-order valence-corrected chi connectivity index (χ0v) is 14.2. The molecular formula is C17H30N2O2. The van der Waals surface area contributed by atoms with Gasteiger partial charge in [0.15, 0.2) is 0 Å². The molecule has 0 saturated carbocycles. The summed E-state index contributed by atoms with van der Waals surface area (Å²) in [5.74, 6) is 2.09. The Balaban J connectivity index is 1.94. The molecule has 2 rings (SSSR count). The van der Waals surface area contributed by atoms with Crippen LogP contribution < -0.4 is 5.32 Å². The van der Waals surface area contributed by atoms with Gasteiger partial charge in [0.2, 0.25) is 0 Å². The van der Waals surface area contributed by atoms with Crippen molar-refractivity contribution in [2.24, 2.45) is 0 Å². The van der Waals surface area contributed by atoms with Crippen LogP contribution in [0.25, 0.3) is 0 Å². The molecule has 1 atom stereocenters. The van der Waals surface area contributed by atoms with E-state index in [1.54, 1.807) is 0 Å². The number of aryl methyl sites for hydroxylation is 1. The van der Waals surface area contributed by atoms with Gasteiger partial charge in [0.1, 0.15) is 11.5 Å². The average Bonchev–Trinajstić information content (AvgIpc) is 2.57. The van der Waals surface area contributed by atoms with E-state index in [0.717, 1.165) is 50.7 Å². The van der Waals surface area contributed by atoms with Crippen molar-refractivity contribution in [1.82, 2.24) is 10.2 Å². The third-order valence-corrected chi connectivity index (χ3v) is 3.80. The van der Waals surface area contributed by atoms with Gasteiger partial charge >= 0.3 is 0 Å². The van der Waals surface area contributed by atoms with E-state index in [1.165, 1.54) is 5.56 Å². The van der Waals surface area contributed by atoms with Gasteiger partial charge in [-0.15, -0.1) is 0 Å². The first kappa shape index (κ1) is 16.5. The maximum atomic E-state index is 5.94. The van der Waals surface area contributed by atoms with E-state index in [1.807, 2.05) is 0 Å². The van der Waals surface area contributed by atoms with Crippen LogP contribution in [0.3, 0.4) is 0 Å². The lowest BCUT2D eigenvalue weighted by Gasteiger charge is -2.20. The van der Waals surface area contributed by atoms with E-state index in [0.29, 0.717) is 6.10 Å². The van der Waals surface area contributed by atoms with E-state index >= 15 is 0 Å². The summed E-state index contributed by atoms with van der Waals surface area (Å²) in [4.78, 5) is 2.43. The van der Waals surface area contributed by atoms with Gasteiger partial charge in [0.05, 0.1) is 12.6 Å². The molecule has 2 heterocycles. The van der Waals surface area contributed by atoms with Crippen molar-refractivity contribution in [3.05, 3.63) is 23.2 Å². The SMILES string of the molecule is Cc1oc(CN2CCCOC(C)C2)cc1CNC(C)(C)C. The number of rotatable bonds is 4. The summed E-state index contributed by atoms with van der Waals surface area (Å²) in [5.41, 5.74) is 1.39.